The zero-order chi connectivity index (χ0) is 8.85. The Morgan fingerprint density at radius 1 is 1.18 bits per heavy atom. The summed E-state index contributed by atoms with van der Waals surface area (Å²) in [6, 6.07) is 0. The average Bonchev–Trinajstić information content (AvgIpc) is 1.86. The van der Waals surface area contributed by atoms with Gasteiger partial charge >= 0.3 is 0 Å². The molecule has 0 atom stereocenters. The smallest absolute Gasteiger partial charge is 0.198 e. The first-order chi connectivity index (χ1) is 5.07. The minimum atomic E-state index is -0.207. The normalized spacial score (nSPS) is 10.2. The first kappa shape index (κ1) is 10.3. The molecule has 64 valence electrons. The van der Waals surface area contributed by atoms with Crippen molar-refractivity contribution in [1.82, 2.24) is 0 Å². The summed E-state index contributed by atoms with van der Waals surface area (Å²) in [5.74, 6) is -0.119. The predicted octanol–water partition coefficient (Wildman–Crippen LogP) is 1.97. The molecule has 2 nitrogen and oxygen atoms in total. The van der Waals surface area contributed by atoms with Crippen molar-refractivity contribution < 1.29 is 9.59 Å². The van der Waals surface area contributed by atoms with E-state index in [2.05, 4.69) is 0 Å². The molecule has 0 N–H and O–H groups in total. The molecule has 0 radical (unpaired) electrons. The Kier molecular flexibility index (Phi) is 4.75. The van der Waals surface area contributed by atoms with Crippen LogP contribution in [-0.4, -0.2) is 11.6 Å². The Bertz CT molecular complexity index is 148. The van der Waals surface area contributed by atoms with Gasteiger partial charge in [-0.1, -0.05) is 20.8 Å². The van der Waals surface area contributed by atoms with Gasteiger partial charge in [0, 0.05) is 12.8 Å². The Labute approximate surface area is 68.0 Å². The first-order valence-corrected chi connectivity index (χ1v) is 4.14. The van der Waals surface area contributed by atoms with Gasteiger partial charge in [0.2, 0.25) is 0 Å². The molecular formula is C9H16O2. The van der Waals surface area contributed by atoms with Crippen LogP contribution in [-0.2, 0) is 9.59 Å². The van der Waals surface area contributed by atoms with Gasteiger partial charge in [0.25, 0.3) is 0 Å². The summed E-state index contributed by atoms with van der Waals surface area (Å²) in [6.07, 6.45) is 1.58. The molecule has 0 aliphatic carbocycles. The highest BCUT2D eigenvalue weighted by Gasteiger charge is 2.13. The zero-order valence-corrected chi connectivity index (χ0v) is 7.52. The topological polar surface area (TPSA) is 34.1 Å². The highest BCUT2D eigenvalue weighted by Crippen LogP contribution is 2.02. The van der Waals surface area contributed by atoms with E-state index in [4.69, 9.17) is 0 Å². The third-order valence-electron chi connectivity index (χ3n) is 1.38. The van der Waals surface area contributed by atoms with Gasteiger partial charge in [0.15, 0.2) is 11.6 Å². The van der Waals surface area contributed by atoms with Crippen LogP contribution < -0.4 is 0 Å². The fraction of sp³-hybridized carbons (Fsp3) is 0.778. The molecule has 0 aromatic heterocycles. The summed E-state index contributed by atoms with van der Waals surface area (Å²) >= 11 is 0. The van der Waals surface area contributed by atoms with E-state index in [0.29, 0.717) is 18.8 Å². The van der Waals surface area contributed by atoms with E-state index in [1.165, 1.54) is 0 Å². The maximum absolute atomic E-state index is 11.0. The van der Waals surface area contributed by atoms with Gasteiger partial charge in [-0.25, -0.2) is 0 Å². The van der Waals surface area contributed by atoms with Gasteiger partial charge < -0.3 is 0 Å². The summed E-state index contributed by atoms with van der Waals surface area (Å²) in [5.41, 5.74) is 0. The van der Waals surface area contributed by atoms with Crippen molar-refractivity contribution in [3.05, 3.63) is 0 Å². The largest absolute Gasteiger partial charge is 0.291 e. The van der Waals surface area contributed by atoms with Crippen LogP contribution in [0.3, 0.4) is 0 Å². The monoisotopic (exact) mass is 156 g/mol. The lowest BCUT2D eigenvalue weighted by atomic mass is 10.0. The molecule has 0 aliphatic rings. The minimum Gasteiger partial charge on any atom is -0.291 e. The molecule has 0 heterocycles. The Morgan fingerprint density at radius 3 is 2.09 bits per heavy atom. The van der Waals surface area contributed by atoms with Crippen LogP contribution in [0, 0.1) is 5.92 Å². The Morgan fingerprint density at radius 2 is 1.73 bits per heavy atom. The van der Waals surface area contributed by atoms with Crippen molar-refractivity contribution in [3.8, 4) is 0 Å². The van der Waals surface area contributed by atoms with Gasteiger partial charge in [0.05, 0.1) is 0 Å². The standard InChI is InChI=1S/C9H16O2/c1-4-5-8(10)9(11)6-7(2)3/h7H,4-6H2,1-3H3. The van der Waals surface area contributed by atoms with Crippen molar-refractivity contribution in [1.29, 1.82) is 0 Å². The lowest BCUT2D eigenvalue weighted by Crippen LogP contribution is -2.15. The maximum Gasteiger partial charge on any atom is 0.198 e. The summed E-state index contributed by atoms with van der Waals surface area (Å²) in [4.78, 5) is 21.9. The fourth-order valence-corrected chi connectivity index (χ4v) is 0.851. The van der Waals surface area contributed by atoms with Crippen molar-refractivity contribution in [3.63, 3.8) is 0 Å². The number of ketones is 2. The van der Waals surface area contributed by atoms with Gasteiger partial charge in [-0.2, -0.15) is 0 Å². The third kappa shape index (κ3) is 4.71. The van der Waals surface area contributed by atoms with Gasteiger partial charge in [-0.15, -0.1) is 0 Å². The third-order valence-corrected chi connectivity index (χ3v) is 1.38. The lowest BCUT2D eigenvalue weighted by Gasteiger charge is -2.00. The van der Waals surface area contributed by atoms with E-state index >= 15 is 0 Å². The molecule has 0 unspecified atom stereocenters. The first-order valence-electron chi connectivity index (χ1n) is 4.14. The summed E-state index contributed by atoms with van der Waals surface area (Å²) in [7, 11) is 0. The van der Waals surface area contributed by atoms with Crippen LogP contribution in [0.2, 0.25) is 0 Å². The number of Topliss-reactive ketones (excluding diaryl/α,β-unsaturated/α-hetero) is 2. The van der Waals surface area contributed by atoms with Crippen molar-refractivity contribution in [2.45, 2.75) is 40.0 Å². The molecule has 0 aliphatic heterocycles. The molecule has 2 heteroatoms. The van der Waals surface area contributed by atoms with E-state index in [0.717, 1.165) is 6.42 Å². The number of carbonyl (C=O) groups excluding carboxylic acids is 2. The van der Waals surface area contributed by atoms with Crippen LogP contribution in [0.5, 0.6) is 0 Å². The molecule has 0 aromatic carbocycles. The molecule has 0 saturated carbocycles. The van der Waals surface area contributed by atoms with Crippen molar-refractivity contribution in [2.24, 2.45) is 5.92 Å². The van der Waals surface area contributed by atoms with Crippen LogP contribution in [0.15, 0.2) is 0 Å². The van der Waals surface area contributed by atoms with Crippen molar-refractivity contribution in [2.75, 3.05) is 0 Å². The van der Waals surface area contributed by atoms with Crippen molar-refractivity contribution >= 4 is 11.6 Å². The second-order valence-corrected chi connectivity index (χ2v) is 3.19. The molecule has 11 heavy (non-hydrogen) atoms. The minimum absolute atomic E-state index is 0.207. The average molecular weight is 156 g/mol. The Balaban J connectivity index is 3.74. The summed E-state index contributed by atoms with van der Waals surface area (Å²) in [6.45, 7) is 5.79. The highest BCUT2D eigenvalue weighted by atomic mass is 16.2. The van der Waals surface area contributed by atoms with Crippen LogP contribution in [0.4, 0.5) is 0 Å². The fourth-order valence-electron chi connectivity index (χ4n) is 0.851. The highest BCUT2D eigenvalue weighted by molar-refractivity contribution is 6.37. The molecule has 0 spiro atoms. The van der Waals surface area contributed by atoms with E-state index in [9.17, 15) is 9.59 Å². The quantitative estimate of drug-likeness (QED) is 0.570. The summed E-state index contributed by atoms with van der Waals surface area (Å²) < 4.78 is 0. The number of hydrogen-bond acceptors (Lipinski definition) is 2. The SMILES string of the molecule is CCCC(=O)C(=O)CC(C)C. The van der Waals surface area contributed by atoms with Crippen LogP contribution >= 0.6 is 0 Å². The lowest BCUT2D eigenvalue weighted by molar-refractivity contribution is -0.137. The zero-order valence-electron chi connectivity index (χ0n) is 7.52. The Hall–Kier alpha value is -0.660. The molecule has 0 rings (SSSR count). The van der Waals surface area contributed by atoms with Gasteiger partial charge in [0.1, 0.15) is 0 Å². The van der Waals surface area contributed by atoms with E-state index in [1.807, 2.05) is 20.8 Å². The van der Waals surface area contributed by atoms with Gasteiger partial charge in [-0.3, -0.25) is 9.59 Å². The summed E-state index contributed by atoms with van der Waals surface area (Å²) in [5, 5.41) is 0. The molecule has 0 amide bonds. The van der Waals surface area contributed by atoms with E-state index < -0.39 is 0 Å². The number of rotatable bonds is 5. The molecule has 0 fully saturated rings. The molecule has 0 bridgehead atoms. The second kappa shape index (κ2) is 5.05. The molecule has 0 saturated heterocycles. The number of hydrogen-bond donors (Lipinski definition) is 0. The number of carbonyl (C=O) groups is 2. The van der Waals surface area contributed by atoms with Crippen LogP contribution in [0.1, 0.15) is 40.0 Å². The predicted molar refractivity (Wildman–Crippen MR) is 44.4 cm³/mol. The maximum atomic E-state index is 11.0. The molecular weight excluding hydrogens is 140 g/mol. The second-order valence-electron chi connectivity index (χ2n) is 3.19. The van der Waals surface area contributed by atoms with E-state index in [-0.39, 0.29) is 11.6 Å². The van der Waals surface area contributed by atoms with Gasteiger partial charge in [-0.05, 0) is 12.3 Å². The van der Waals surface area contributed by atoms with Crippen LogP contribution in [0.25, 0.3) is 0 Å². The van der Waals surface area contributed by atoms with E-state index in [1.54, 1.807) is 0 Å². The molecule has 0 aromatic rings.